The van der Waals surface area contributed by atoms with E-state index in [1.165, 1.54) is 4.90 Å². The lowest BCUT2D eigenvalue weighted by molar-refractivity contribution is -0.140. The number of imide groups is 1. The lowest BCUT2D eigenvalue weighted by Crippen LogP contribution is -2.34. The minimum atomic E-state index is -0.693. The number of carbonyl (C=O) groups is 3. The van der Waals surface area contributed by atoms with Gasteiger partial charge in [-0.2, -0.15) is 0 Å². The summed E-state index contributed by atoms with van der Waals surface area (Å²) in [7, 11) is 0. The number of unbranched alkanes of at least 4 members (excludes halogenated alkanes) is 2. The van der Waals surface area contributed by atoms with E-state index in [0.29, 0.717) is 13.1 Å². The first-order valence-electron chi connectivity index (χ1n) is 14.1. The molecule has 0 unspecified atom stereocenters. The summed E-state index contributed by atoms with van der Waals surface area (Å²) in [6.07, 6.45) is 12.5. The molecule has 1 aliphatic heterocycles. The summed E-state index contributed by atoms with van der Waals surface area (Å²) in [5.74, 6) is -0.758. The lowest BCUT2D eigenvalue weighted by Gasteiger charge is -2.32. The van der Waals surface area contributed by atoms with Crippen LogP contribution in [0.25, 0.3) is 0 Å². The Morgan fingerprint density at radius 3 is 1.80 bits per heavy atom. The van der Waals surface area contributed by atoms with E-state index in [-0.39, 0.29) is 35.7 Å². The molecular formula is C28H52N2O5. The average Bonchev–Trinajstić information content (AvgIpc) is 3.13. The molecule has 0 radical (unpaired) electrons. The lowest BCUT2D eigenvalue weighted by atomic mass is 9.74. The molecule has 0 saturated carbocycles. The Kier molecular flexibility index (Phi) is 14.5. The Hall–Kier alpha value is -1.63. The second-order valence-electron chi connectivity index (χ2n) is 10.5. The minimum Gasteiger partial charge on any atom is -0.481 e. The number of hydrogen-bond acceptors (Lipinski definition) is 4. The predicted octanol–water partition coefficient (Wildman–Crippen LogP) is 6.50. The van der Waals surface area contributed by atoms with Crippen LogP contribution < -0.4 is 0 Å². The van der Waals surface area contributed by atoms with Gasteiger partial charge >= 0.3 is 12.0 Å². The number of nitrogens with zero attached hydrogens (tertiary/aromatic N) is 2. The van der Waals surface area contributed by atoms with Crippen molar-refractivity contribution in [1.29, 1.82) is 0 Å². The molecule has 0 bridgehead atoms. The maximum atomic E-state index is 12.3. The second-order valence-corrected chi connectivity index (χ2v) is 10.5. The van der Waals surface area contributed by atoms with Crippen LogP contribution in [0.4, 0.5) is 4.79 Å². The standard InChI is InChI=1S/C28H52N2O5/c1-6-27(7-2,18-15-19-30-24(31)23-29(10-5)26(30)34)16-11-13-20-35-21-14-12-17-28(8-3,9-4)22-25(32)33/h6-23H2,1-5H3,(H,32,33). The first-order valence-corrected chi connectivity index (χ1v) is 14.1. The second kappa shape index (κ2) is 16.2. The number of aliphatic carboxylic acids is 1. The molecule has 7 nitrogen and oxygen atoms in total. The highest BCUT2D eigenvalue weighted by Crippen LogP contribution is 2.38. The number of hydrogen-bond donors (Lipinski definition) is 1. The van der Waals surface area contributed by atoms with Crippen molar-refractivity contribution in [3.63, 3.8) is 0 Å². The normalized spacial score (nSPS) is 14.9. The van der Waals surface area contributed by atoms with E-state index in [2.05, 4.69) is 27.7 Å². The quantitative estimate of drug-likeness (QED) is 0.145. The number of carboxylic acid groups (broad SMARTS) is 1. The van der Waals surface area contributed by atoms with Gasteiger partial charge in [-0.15, -0.1) is 0 Å². The third-order valence-corrected chi connectivity index (χ3v) is 8.62. The van der Waals surface area contributed by atoms with Crippen LogP contribution in [-0.4, -0.2) is 65.7 Å². The summed E-state index contributed by atoms with van der Waals surface area (Å²) in [5.41, 5.74) is 0.199. The van der Waals surface area contributed by atoms with E-state index in [4.69, 9.17) is 4.74 Å². The number of amides is 3. The summed E-state index contributed by atoms with van der Waals surface area (Å²) in [6, 6.07) is -0.134. The zero-order valence-electron chi connectivity index (χ0n) is 23.2. The van der Waals surface area contributed by atoms with E-state index in [0.717, 1.165) is 90.3 Å². The summed E-state index contributed by atoms with van der Waals surface area (Å²) in [6.45, 7) is 13.5. The van der Waals surface area contributed by atoms with Crippen molar-refractivity contribution in [1.82, 2.24) is 9.80 Å². The summed E-state index contributed by atoms with van der Waals surface area (Å²) in [4.78, 5) is 38.7. The van der Waals surface area contributed by atoms with E-state index in [1.807, 2.05) is 6.92 Å². The van der Waals surface area contributed by atoms with Gasteiger partial charge in [0.05, 0.1) is 6.42 Å². The zero-order valence-corrected chi connectivity index (χ0v) is 23.2. The van der Waals surface area contributed by atoms with E-state index >= 15 is 0 Å². The van der Waals surface area contributed by atoms with Crippen molar-refractivity contribution >= 4 is 17.9 Å². The molecule has 35 heavy (non-hydrogen) atoms. The summed E-state index contributed by atoms with van der Waals surface area (Å²) in [5, 5.41) is 9.21. The van der Waals surface area contributed by atoms with Gasteiger partial charge in [0, 0.05) is 26.3 Å². The first kappa shape index (κ1) is 31.4. The van der Waals surface area contributed by atoms with Crippen molar-refractivity contribution in [2.24, 2.45) is 10.8 Å². The molecule has 0 atom stereocenters. The van der Waals surface area contributed by atoms with E-state index in [9.17, 15) is 19.5 Å². The van der Waals surface area contributed by atoms with Crippen LogP contribution in [0, 0.1) is 10.8 Å². The van der Waals surface area contributed by atoms with Crippen LogP contribution in [-0.2, 0) is 14.3 Å². The third-order valence-electron chi connectivity index (χ3n) is 8.62. The highest BCUT2D eigenvalue weighted by atomic mass is 16.5. The van der Waals surface area contributed by atoms with Crippen molar-refractivity contribution in [2.45, 2.75) is 118 Å². The molecule has 1 N–H and O–H groups in total. The molecule has 0 aromatic heterocycles. The first-order chi connectivity index (χ1) is 16.7. The van der Waals surface area contributed by atoms with E-state index < -0.39 is 5.97 Å². The van der Waals surface area contributed by atoms with E-state index in [1.54, 1.807) is 4.90 Å². The smallest absolute Gasteiger partial charge is 0.327 e. The van der Waals surface area contributed by atoms with Crippen molar-refractivity contribution in [2.75, 3.05) is 32.8 Å². The number of likely N-dealkylation sites (N-methyl/N-ethyl adjacent to an activating group) is 1. The van der Waals surface area contributed by atoms with Crippen LogP contribution in [0.2, 0.25) is 0 Å². The summed E-state index contributed by atoms with van der Waals surface area (Å²) >= 11 is 0. The number of urea groups is 1. The van der Waals surface area contributed by atoms with Crippen LogP contribution in [0.1, 0.15) is 118 Å². The molecule has 204 valence electrons. The Labute approximate surface area is 213 Å². The molecular weight excluding hydrogens is 444 g/mol. The predicted molar refractivity (Wildman–Crippen MR) is 140 cm³/mol. The monoisotopic (exact) mass is 496 g/mol. The number of ether oxygens (including phenoxy) is 1. The summed E-state index contributed by atoms with van der Waals surface area (Å²) < 4.78 is 5.87. The Morgan fingerprint density at radius 1 is 0.829 bits per heavy atom. The Morgan fingerprint density at radius 2 is 1.34 bits per heavy atom. The van der Waals surface area contributed by atoms with Gasteiger partial charge in [0.15, 0.2) is 0 Å². The fourth-order valence-corrected chi connectivity index (χ4v) is 5.53. The molecule has 1 heterocycles. The highest BCUT2D eigenvalue weighted by Gasteiger charge is 2.35. The molecule has 7 heteroatoms. The van der Waals surface area contributed by atoms with Gasteiger partial charge in [-0.25, -0.2) is 4.79 Å². The molecule has 0 aromatic carbocycles. The van der Waals surface area contributed by atoms with Crippen LogP contribution >= 0.6 is 0 Å². The number of carbonyl (C=O) groups excluding carboxylic acids is 2. The van der Waals surface area contributed by atoms with Crippen molar-refractivity contribution in [3.8, 4) is 0 Å². The molecule has 0 spiro atoms. The van der Waals surface area contributed by atoms with Crippen molar-refractivity contribution in [3.05, 3.63) is 0 Å². The fourth-order valence-electron chi connectivity index (χ4n) is 5.53. The van der Waals surface area contributed by atoms with Crippen LogP contribution in [0.15, 0.2) is 0 Å². The SMILES string of the molecule is CCN1CC(=O)N(CCCC(CC)(CC)CCCCOCCCCC(CC)(CC)CC(=O)O)C1=O. The Balaban J connectivity index is 2.26. The van der Waals surface area contributed by atoms with Gasteiger partial charge in [0.2, 0.25) is 5.91 Å². The number of carboxylic acids is 1. The molecule has 1 fully saturated rings. The van der Waals surface area contributed by atoms with Gasteiger partial charge in [-0.05, 0) is 69.1 Å². The van der Waals surface area contributed by atoms with Crippen LogP contribution in [0.5, 0.6) is 0 Å². The molecule has 3 amide bonds. The van der Waals surface area contributed by atoms with Gasteiger partial charge in [0.25, 0.3) is 0 Å². The van der Waals surface area contributed by atoms with Crippen LogP contribution in [0.3, 0.4) is 0 Å². The zero-order chi connectivity index (χ0) is 26.3. The van der Waals surface area contributed by atoms with Gasteiger partial charge in [-0.1, -0.05) is 53.4 Å². The molecule has 1 saturated heterocycles. The largest absolute Gasteiger partial charge is 0.481 e. The average molecular weight is 497 g/mol. The highest BCUT2D eigenvalue weighted by molar-refractivity contribution is 6.01. The van der Waals surface area contributed by atoms with Crippen molar-refractivity contribution < 1.29 is 24.2 Å². The topological polar surface area (TPSA) is 87.2 Å². The molecule has 0 aliphatic carbocycles. The van der Waals surface area contributed by atoms with Gasteiger partial charge < -0.3 is 14.7 Å². The number of rotatable bonds is 21. The molecule has 1 rings (SSSR count). The van der Waals surface area contributed by atoms with Gasteiger partial charge in [0.1, 0.15) is 6.54 Å². The van der Waals surface area contributed by atoms with Gasteiger partial charge in [-0.3, -0.25) is 14.5 Å². The minimum absolute atomic E-state index is 0.0652. The third kappa shape index (κ3) is 10.1. The Bertz CT molecular complexity index is 643. The maximum absolute atomic E-state index is 12.3. The maximum Gasteiger partial charge on any atom is 0.327 e. The molecule has 1 aliphatic rings. The fraction of sp³-hybridized carbons (Fsp3) is 0.893. The molecule has 0 aromatic rings.